The summed E-state index contributed by atoms with van der Waals surface area (Å²) in [6, 6.07) is 19.2. The highest BCUT2D eigenvalue weighted by Crippen LogP contribution is 2.29. The number of hydrogen-bond acceptors (Lipinski definition) is 6. The van der Waals surface area contributed by atoms with Gasteiger partial charge in [-0.1, -0.05) is 32.0 Å². The molecule has 0 spiro atoms. The van der Waals surface area contributed by atoms with Crippen LogP contribution in [-0.4, -0.2) is 31.7 Å². The quantitative estimate of drug-likeness (QED) is 0.289. The fourth-order valence-corrected chi connectivity index (χ4v) is 4.17. The average molecular weight is 462 g/mol. The molecule has 0 amide bonds. The molecule has 2 unspecified atom stereocenters. The molecule has 4 rings (SSSR count). The summed E-state index contributed by atoms with van der Waals surface area (Å²) < 4.78 is 20.0. The lowest BCUT2D eigenvalue weighted by atomic mass is 9.79. The van der Waals surface area contributed by atoms with Gasteiger partial charge in [-0.3, -0.25) is 9.98 Å². The molecule has 0 bridgehead atoms. The maximum Gasteiger partial charge on any atom is 0.212 e. The van der Waals surface area contributed by atoms with Crippen molar-refractivity contribution in [2.24, 2.45) is 4.99 Å². The molecule has 2 atom stereocenters. The minimum absolute atomic E-state index is 0.0566. The van der Waals surface area contributed by atoms with Crippen molar-refractivity contribution < 1.29 is 8.49 Å². The molecule has 2 heterocycles. The van der Waals surface area contributed by atoms with Crippen LogP contribution < -0.4 is 5.48 Å². The van der Waals surface area contributed by atoms with Crippen molar-refractivity contribution in [1.82, 2.24) is 14.8 Å². The SMILES string of the molecule is C=NC(C)C(C)(C)c1ccc(S(=O)ONc2cc(C)nn2-c2ccc3ncccc3c2)cc1. The summed E-state index contributed by atoms with van der Waals surface area (Å²) in [7, 11) is 0. The summed E-state index contributed by atoms with van der Waals surface area (Å²) in [5.41, 5.74) is 6.28. The van der Waals surface area contributed by atoms with E-state index < -0.39 is 11.1 Å². The van der Waals surface area contributed by atoms with E-state index in [1.54, 1.807) is 10.9 Å². The van der Waals surface area contributed by atoms with Crippen LogP contribution in [0.15, 0.2) is 76.7 Å². The van der Waals surface area contributed by atoms with Gasteiger partial charge in [0.25, 0.3) is 0 Å². The minimum Gasteiger partial charge on any atom is -0.297 e. The summed E-state index contributed by atoms with van der Waals surface area (Å²) in [6.45, 7) is 11.8. The van der Waals surface area contributed by atoms with Gasteiger partial charge >= 0.3 is 0 Å². The van der Waals surface area contributed by atoms with Gasteiger partial charge in [-0.05, 0) is 62.5 Å². The van der Waals surface area contributed by atoms with Crippen LogP contribution in [0.2, 0.25) is 0 Å². The molecule has 7 nitrogen and oxygen atoms in total. The van der Waals surface area contributed by atoms with Gasteiger partial charge in [0.2, 0.25) is 11.1 Å². The van der Waals surface area contributed by atoms with Crippen molar-refractivity contribution in [2.75, 3.05) is 5.48 Å². The number of hydrogen-bond donors (Lipinski definition) is 1. The van der Waals surface area contributed by atoms with E-state index in [0.29, 0.717) is 10.7 Å². The zero-order valence-electron chi connectivity index (χ0n) is 19.1. The van der Waals surface area contributed by atoms with Crippen molar-refractivity contribution in [3.05, 3.63) is 78.1 Å². The smallest absolute Gasteiger partial charge is 0.212 e. The number of fused-ring (bicyclic) bond motifs is 1. The van der Waals surface area contributed by atoms with Crippen LogP contribution in [0.1, 0.15) is 32.0 Å². The van der Waals surface area contributed by atoms with Crippen molar-refractivity contribution in [2.45, 2.75) is 44.0 Å². The Hall–Kier alpha value is -3.36. The number of aryl methyl sites for hydroxylation is 1. The Balaban J connectivity index is 1.50. The molecule has 0 aliphatic heterocycles. The number of rotatable bonds is 8. The minimum atomic E-state index is -1.71. The second-order valence-electron chi connectivity index (χ2n) is 8.49. The van der Waals surface area contributed by atoms with Crippen molar-refractivity contribution in [3.63, 3.8) is 0 Å². The molecule has 0 saturated heterocycles. The first-order valence-corrected chi connectivity index (χ1v) is 11.7. The number of benzene rings is 2. The van der Waals surface area contributed by atoms with Crippen LogP contribution in [0.25, 0.3) is 16.6 Å². The third-order valence-electron chi connectivity index (χ3n) is 5.99. The normalized spacial score (nSPS) is 13.6. The van der Waals surface area contributed by atoms with Crippen LogP contribution in [-0.2, 0) is 20.8 Å². The first-order valence-electron chi connectivity index (χ1n) is 10.6. The number of aliphatic imine (C=N–C) groups is 1. The molecule has 0 radical (unpaired) electrons. The summed E-state index contributed by atoms with van der Waals surface area (Å²) in [5, 5.41) is 5.54. The highest BCUT2D eigenvalue weighted by atomic mass is 32.2. The highest BCUT2D eigenvalue weighted by molar-refractivity contribution is 7.80. The van der Waals surface area contributed by atoms with Crippen LogP contribution in [0, 0.1) is 6.92 Å². The van der Waals surface area contributed by atoms with Gasteiger partial charge in [-0.2, -0.15) is 9.38 Å². The van der Waals surface area contributed by atoms with Gasteiger partial charge in [0.05, 0.1) is 27.8 Å². The molecule has 0 aliphatic rings. The third-order valence-corrected chi connectivity index (χ3v) is 6.89. The van der Waals surface area contributed by atoms with Gasteiger partial charge in [-0.25, -0.2) is 14.4 Å². The zero-order valence-corrected chi connectivity index (χ0v) is 20.0. The standard InChI is InChI=1S/C25H27N5O2S/c1-17-15-24(30(28-17)21-10-13-23-19(16-21)7-6-14-27-23)29-32-33(31)22-11-8-20(9-12-22)25(3,4)18(2)26-5/h6-16,18,29H,5H2,1-4H3. The van der Waals surface area contributed by atoms with E-state index in [0.717, 1.165) is 27.8 Å². The van der Waals surface area contributed by atoms with E-state index in [9.17, 15) is 4.21 Å². The Kier molecular flexibility index (Phi) is 6.40. The van der Waals surface area contributed by atoms with Crippen LogP contribution >= 0.6 is 0 Å². The summed E-state index contributed by atoms with van der Waals surface area (Å²) >= 11 is -1.71. The fourth-order valence-electron chi connectivity index (χ4n) is 3.56. The molecular formula is C25H27N5O2S. The number of nitrogens with zero attached hydrogens (tertiary/aromatic N) is 4. The van der Waals surface area contributed by atoms with Gasteiger partial charge in [0, 0.05) is 23.1 Å². The molecule has 0 saturated carbocycles. The molecule has 4 aromatic rings. The molecular weight excluding hydrogens is 434 g/mol. The van der Waals surface area contributed by atoms with E-state index in [2.05, 4.69) is 41.1 Å². The number of anilines is 1. The van der Waals surface area contributed by atoms with Gasteiger partial charge in [0.15, 0.2) is 5.82 Å². The van der Waals surface area contributed by atoms with E-state index in [1.165, 1.54) is 0 Å². The highest BCUT2D eigenvalue weighted by Gasteiger charge is 2.27. The third kappa shape index (κ3) is 4.72. The van der Waals surface area contributed by atoms with Crippen molar-refractivity contribution >= 4 is 34.5 Å². The lowest BCUT2D eigenvalue weighted by Gasteiger charge is -2.29. The average Bonchev–Trinajstić information content (AvgIpc) is 3.22. The summed E-state index contributed by atoms with van der Waals surface area (Å²) in [4.78, 5) is 9.06. The van der Waals surface area contributed by atoms with Gasteiger partial charge in [0.1, 0.15) is 0 Å². The first kappa shape index (κ1) is 22.8. The largest absolute Gasteiger partial charge is 0.297 e. The molecule has 33 heavy (non-hydrogen) atoms. The molecule has 2 aromatic heterocycles. The fraction of sp³-hybridized carbons (Fsp3) is 0.240. The summed E-state index contributed by atoms with van der Waals surface area (Å²) in [5.74, 6) is 0.577. The Morgan fingerprint density at radius 2 is 1.91 bits per heavy atom. The van der Waals surface area contributed by atoms with E-state index >= 15 is 0 Å². The number of nitrogens with one attached hydrogen (secondary N) is 1. The van der Waals surface area contributed by atoms with Crippen LogP contribution in [0.5, 0.6) is 0 Å². The second kappa shape index (κ2) is 9.25. The zero-order chi connectivity index (χ0) is 23.6. The lowest BCUT2D eigenvalue weighted by Crippen LogP contribution is -2.29. The molecule has 0 fully saturated rings. The molecule has 170 valence electrons. The van der Waals surface area contributed by atoms with Gasteiger partial charge in [-0.15, -0.1) is 0 Å². The Labute approximate surface area is 196 Å². The molecule has 8 heteroatoms. The number of aromatic nitrogens is 3. The van der Waals surface area contributed by atoms with E-state index in [1.807, 2.05) is 74.5 Å². The van der Waals surface area contributed by atoms with E-state index in [-0.39, 0.29) is 11.5 Å². The molecule has 2 aromatic carbocycles. The van der Waals surface area contributed by atoms with Crippen molar-refractivity contribution in [1.29, 1.82) is 0 Å². The second-order valence-corrected chi connectivity index (χ2v) is 9.60. The first-order chi connectivity index (χ1) is 15.8. The van der Waals surface area contributed by atoms with Crippen LogP contribution in [0.3, 0.4) is 0 Å². The maximum absolute atomic E-state index is 12.8. The monoisotopic (exact) mass is 461 g/mol. The Morgan fingerprint density at radius 3 is 2.64 bits per heavy atom. The summed E-state index contributed by atoms with van der Waals surface area (Å²) in [6.07, 6.45) is 1.76. The number of pyridine rings is 1. The Bertz CT molecular complexity index is 1310. The maximum atomic E-state index is 12.8. The predicted molar refractivity (Wildman–Crippen MR) is 133 cm³/mol. The van der Waals surface area contributed by atoms with Gasteiger partial charge < -0.3 is 0 Å². The Morgan fingerprint density at radius 1 is 1.15 bits per heavy atom. The van der Waals surface area contributed by atoms with E-state index in [4.69, 9.17) is 4.28 Å². The molecule has 0 aliphatic carbocycles. The predicted octanol–water partition coefficient (Wildman–Crippen LogP) is 5.16. The lowest BCUT2D eigenvalue weighted by molar-refractivity contribution is 0.429. The topological polar surface area (TPSA) is 81.4 Å². The van der Waals surface area contributed by atoms with Crippen molar-refractivity contribution in [3.8, 4) is 5.69 Å². The molecule has 1 N–H and O–H groups in total. The van der Waals surface area contributed by atoms with Crippen LogP contribution in [0.4, 0.5) is 5.82 Å².